The molecule has 1 nitrogen and oxygen atoms in total. The summed E-state index contributed by atoms with van der Waals surface area (Å²) >= 11 is 7.67. The van der Waals surface area contributed by atoms with E-state index in [2.05, 4.69) is 18.3 Å². The van der Waals surface area contributed by atoms with Crippen LogP contribution < -0.4 is 5.32 Å². The molecule has 1 aromatic rings. The van der Waals surface area contributed by atoms with Crippen molar-refractivity contribution in [1.82, 2.24) is 5.32 Å². The maximum absolute atomic E-state index is 5.93. The molecule has 0 aliphatic heterocycles. The Morgan fingerprint density at radius 3 is 3.33 bits per heavy atom. The predicted octanol–water partition coefficient (Wildman–Crippen LogP) is 3.00. The van der Waals surface area contributed by atoms with Gasteiger partial charge in [-0.1, -0.05) is 18.5 Å². The molecule has 1 unspecified atom stereocenters. The highest BCUT2D eigenvalue weighted by Crippen LogP contribution is 2.39. The molecule has 0 saturated heterocycles. The highest BCUT2D eigenvalue weighted by atomic mass is 35.5. The van der Waals surface area contributed by atoms with Gasteiger partial charge in [0.25, 0.3) is 0 Å². The van der Waals surface area contributed by atoms with Gasteiger partial charge in [-0.2, -0.15) is 0 Å². The molecule has 1 heterocycles. The van der Waals surface area contributed by atoms with Crippen LogP contribution in [0.25, 0.3) is 0 Å². The third-order valence-corrected chi connectivity index (χ3v) is 3.64. The number of hydrogen-bond donors (Lipinski definition) is 1. The summed E-state index contributed by atoms with van der Waals surface area (Å²) in [5, 5.41) is 3.46. The molecule has 2 rings (SSSR count). The van der Waals surface area contributed by atoms with Crippen LogP contribution in [-0.4, -0.2) is 6.54 Å². The van der Waals surface area contributed by atoms with Gasteiger partial charge >= 0.3 is 0 Å². The van der Waals surface area contributed by atoms with E-state index in [4.69, 9.17) is 11.6 Å². The number of hydrogen-bond acceptors (Lipinski definition) is 2. The Balaban J connectivity index is 2.22. The van der Waals surface area contributed by atoms with E-state index in [1.807, 2.05) is 0 Å². The molecule has 0 spiro atoms. The number of aryl methyl sites for hydroxylation is 1. The molecule has 0 amide bonds. The van der Waals surface area contributed by atoms with Crippen LogP contribution in [-0.2, 0) is 6.42 Å². The van der Waals surface area contributed by atoms with E-state index in [0.29, 0.717) is 6.04 Å². The van der Waals surface area contributed by atoms with Gasteiger partial charge in [0.2, 0.25) is 0 Å². The number of nitrogens with one attached hydrogen (secondary N) is 1. The van der Waals surface area contributed by atoms with Crippen LogP contribution in [0.1, 0.15) is 29.8 Å². The van der Waals surface area contributed by atoms with Gasteiger partial charge in [0, 0.05) is 10.9 Å². The second-order valence-electron chi connectivity index (χ2n) is 3.08. The van der Waals surface area contributed by atoms with Crippen molar-refractivity contribution in [3.05, 3.63) is 20.8 Å². The normalized spacial score (nSPS) is 21.3. The minimum atomic E-state index is 0.564. The summed E-state index contributed by atoms with van der Waals surface area (Å²) in [6.45, 7) is 3.18. The fourth-order valence-corrected chi connectivity index (χ4v) is 3.15. The molecule has 0 fully saturated rings. The minimum Gasteiger partial charge on any atom is -0.310 e. The summed E-state index contributed by atoms with van der Waals surface area (Å²) in [6, 6.07) is 2.68. The minimum absolute atomic E-state index is 0.564. The molecule has 1 N–H and O–H groups in total. The van der Waals surface area contributed by atoms with Gasteiger partial charge in [0.15, 0.2) is 0 Å². The van der Waals surface area contributed by atoms with Crippen molar-refractivity contribution in [2.24, 2.45) is 0 Å². The van der Waals surface area contributed by atoms with Crippen LogP contribution in [0.5, 0.6) is 0 Å². The predicted molar refractivity (Wildman–Crippen MR) is 54.1 cm³/mol. The molecular weight excluding hydrogens is 190 g/mol. The van der Waals surface area contributed by atoms with Crippen LogP contribution in [0, 0.1) is 0 Å². The van der Waals surface area contributed by atoms with Crippen LogP contribution in [0.3, 0.4) is 0 Å². The van der Waals surface area contributed by atoms with Crippen molar-refractivity contribution < 1.29 is 0 Å². The average Bonchev–Trinajstić information content (AvgIpc) is 2.52. The molecule has 1 aliphatic rings. The van der Waals surface area contributed by atoms with E-state index < -0.39 is 0 Å². The van der Waals surface area contributed by atoms with E-state index in [1.54, 1.807) is 11.3 Å². The van der Waals surface area contributed by atoms with Crippen molar-refractivity contribution in [3.8, 4) is 0 Å². The van der Waals surface area contributed by atoms with Gasteiger partial charge in [0.05, 0.1) is 4.34 Å². The van der Waals surface area contributed by atoms with Gasteiger partial charge < -0.3 is 5.32 Å². The number of rotatable bonds is 2. The zero-order valence-electron chi connectivity index (χ0n) is 7.06. The zero-order chi connectivity index (χ0) is 8.55. The standard InChI is InChI=1S/C9H12ClNS/c1-2-11-7-3-4-8-6(7)5-9(10)12-8/h5,7,11H,2-4H2,1H3. The smallest absolute Gasteiger partial charge is 0.0934 e. The zero-order valence-corrected chi connectivity index (χ0v) is 8.63. The summed E-state index contributed by atoms with van der Waals surface area (Å²) in [5.41, 5.74) is 1.44. The molecule has 0 aromatic carbocycles. The summed E-state index contributed by atoms with van der Waals surface area (Å²) in [7, 11) is 0. The second kappa shape index (κ2) is 3.36. The molecule has 1 aliphatic carbocycles. The Labute approximate surface area is 81.7 Å². The molecular formula is C9H12ClNS. The lowest BCUT2D eigenvalue weighted by Crippen LogP contribution is -2.17. The monoisotopic (exact) mass is 201 g/mol. The summed E-state index contributed by atoms with van der Waals surface area (Å²) in [5.74, 6) is 0. The Morgan fingerprint density at radius 2 is 2.58 bits per heavy atom. The van der Waals surface area contributed by atoms with Crippen LogP contribution in [0.4, 0.5) is 0 Å². The van der Waals surface area contributed by atoms with Gasteiger partial charge in [-0.25, -0.2) is 0 Å². The summed E-state index contributed by atoms with van der Waals surface area (Å²) in [6.07, 6.45) is 2.44. The van der Waals surface area contributed by atoms with E-state index in [9.17, 15) is 0 Å². The fourth-order valence-electron chi connectivity index (χ4n) is 1.79. The Morgan fingerprint density at radius 1 is 1.75 bits per heavy atom. The first-order valence-corrected chi connectivity index (χ1v) is 5.52. The van der Waals surface area contributed by atoms with Crippen molar-refractivity contribution in [1.29, 1.82) is 0 Å². The van der Waals surface area contributed by atoms with Crippen LogP contribution in [0.15, 0.2) is 6.07 Å². The van der Waals surface area contributed by atoms with Crippen LogP contribution >= 0.6 is 22.9 Å². The van der Waals surface area contributed by atoms with Crippen molar-refractivity contribution in [2.75, 3.05) is 6.54 Å². The van der Waals surface area contributed by atoms with Crippen molar-refractivity contribution in [2.45, 2.75) is 25.8 Å². The van der Waals surface area contributed by atoms with E-state index in [0.717, 1.165) is 10.9 Å². The fraction of sp³-hybridized carbons (Fsp3) is 0.556. The van der Waals surface area contributed by atoms with E-state index in [1.165, 1.54) is 23.3 Å². The maximum atomic E-state index is 5.93. The van der Waals surface area contributed by atoms with Crippen molar-refractivity contribution in [3.63, 3.8) is 0 Å². The number of halogens is 1. The number of fused-ring (bicyclic) bond motifs is 1. The average molecular weight is 202 g/mol. The molecule has 0 radical (unpaired) electrons. The van der Waals surface area contributed by atoms with Gasteiger partial charge in [0.1, 0.15) is 0 Å². The highest BCUT2D eigenvalue weighted by Gasteiger charge is 2.23. The van der Waals surface area contributed by atoms with Crippen LogP contribution in [0.2, 0.25) is 4.34 Å². The highest BCUT2D eigenvalue weighted by molar-refractivity contribution is 7.16. The molecule has 1 aromatic heterocycles. The Bertz CT molecular complexity index is 282. The van der Waals surface area contributed by atoms with Crippen molar-refractivity contribution >= 4 is 22.9 Å². The molecule has 0 bridgehead atoms. The van der Waals surface area contributed by atoms with E-state index in [-0.39, 0.29) is 0 Å². The topological polar surface area (TPSA) is 12.0 Å². The first-order valence-electron chi connectivity index (χ1n) is 4.32. The first kappa shape index (κ1) is 8.54. The molecule has 12 heavy (non-hydrogen) atoms. The summed E-state index contributed by atoms with van der Waals surface area (Å²) in [4.78, 5) is 1.48. The number of thiophene rings is 1. The van der Waals surface area contributed by atoms with Gasteiger partial charge in [-0.3, -0.25) is 0 Å². The Kier molecular flexibility index (Phi) is 2.40. The molecule has 66 valence electrons. The SMILES string of the molecule is CCNC1CCc2sc(Cl)cc21. The lowest BCUT2D eigenvalue weighted by Gasteiger charge is -2.09. The largest absolute Gasteiger partial charge is 0.310 e. The third-order valence-electron chi connectivity index (χ3n) is 2.30. The quantitative estimate of drug-likeness (QED) is 0.776. The molecule has 1 atom stereocenters. The lowest BCUT2D eigenvalue weighted by molar-refractivity contribution is 0.549. The first-order chi connectivity index (χ1) is 5.81. The molecule has 0 saturated carbocycles. The van der Waals surface area contributed by atoms with E-state index >= 15 is 0 Å². The lowest BCUT2D eigenvalue weighted by atomic mass is 10.2. The van der Waals surface area contributed by atoms with Gasteiger partial charge in [-0.05, 0) is 31.0 Å². The maximum Gasteiger partial charge on any atom is 0.0934 e. The van der Waals surface area contributed by atoms with Gasteiger partial charge in [-0.15, -0.1) is 11.3 Å². The Hall–Kier alpha value is -0.0500. The molecule has 3 heteroatoms. The second-order valence-corrected chi connectivity index (χ2v) is 4.85. The summed E-state index contributed by atoms with van der Waals surface area (Å²) < 4.78 is 0.933. The third kappa shape index (κ3) is 1.39.